The molecule has 5 nitrogen and oxygen atoms in total. The maximum atomic E-state index is 5.36. The Hall–Kier alpha value is -7.63. The molecule has 0 fully saturated rings. The Morgan fingerprint density at radius 1 is 0.214 bits per heavy atom. The molecule has 0 N–H and O–H groups in total. The van der Waals surface area contributed by atoms with Gasteiger partial charge in [0.25, 0.3) is 0 Å². The molecule has 262 valence electrons. The first-order valence-electron chi connectivity index (χ1n) is 18.7. The third-order valence-electron chi connectivity index (χ3n) is 10.2. The fourth-order valence-corrected chi connectivity index (χ4v) is 7.47. The van der Waals surface area contributed by atoms with E-state index in [1.807, 2.05) is 78.9 Å². The predicted molar refractivity (Wildman–Crippen MR) is 228 cm³/mol. The summed E-state index contributed by atoms with van der Waals surface area (Å²) in [6.45, 7) is 0. The lowest BCUT2D eigenvalue weighted by atomic mass is 9.93. The summed E-state index contributed by atoms with van der Waals surface area (Å²) in [6, 6.07) is 68.7. The van der Waals surface area contributed by atoms with Crippen molar-refractivity contribution in [3.8, 4) is 79.2 Å². The molecule has 56 heavy (non-hydrogen) atoms. The summed E-state index contributed by atoms with van der Waals surface area (Å²) in [5.74, 6) is 2.49. The minimum Gasteiger partial charge on any atom is -0.228 e. The van der Waals surface area contributed by atoms with Gasteiger partial charge >= 0.3 is 0 Å². The topological polar surface area (TPSA) is 64.5 Å². The molecule has 2 aromatic heterocycles. The number of hydrogen-bond donors (Lipinski definition) is 0. The Kier molecular flexibility index (Phi) is 8.43. The summed E-state index contributed by atoms with van der Waals surface area (Å²) in [4.78, 5) is 25.7. The Balaban J connectivity index is 1.17. The average Bonchev–Trinajstić information content (AvgIpc) is 3.29. The van der Waals surface area contributed by atoms with Crippen LogP contribution in [0.1, 0.15) is 0 Å². The molecule has 5 heteroatoms. The zero-order valence-electron chi connectivity index (χ0n) is 30.3. The molecule has 0 atom stereocenters. The van der Waals surface area contributed by atoms with Gasteiger partial charge in [-0.1, -0.05) is 182 Å². The van der Waals surface area contributed by atoms with Crippen molar-refractivity contribution in [2.24, 2.45) is 0 Å². The molecule has 0 bridgehead atoms. The zero-order chi connectivity index (χ0) is 37.3. The maximum absolute atomic E-state index is 5.36. The molecule has 0 unspecified atom stereocenters. The first kappa shape index (κ1) is 33.0. The van der Waals surface area contributed by atoms with Crippen LogP contribution in [0.2, 0.25) is 0 Å². The Labute approximate surface area is 324 Å². The number of benzene rings is 8. The molecule has 0 aliphatic heterocycles. The van der Waals surface area contributed by atoms with Crippen LogP contribution in [0.4, 0.5) is 0 Å². The van der Waals surface area contributed by atoms with Gasteiger partial charge in [-0.15, -0.1) is 0 Å². The van der Waals surface area contributed by atoms with Crippen LogP contribution in [-0.4, -0.2) is 24.9 Å². The highest BCUT2D eigenvalue weighted by Crippen LogP contribution is 2.39. The van der Waals surface area contributed by atoms with Crippen LogP contribution in [0.15, 0.2) is 200 Å². The van der Waals surface area contributed by atoms with Gasteiger partial charge in [0.1, 0.15) is 0 Å². The Bertz CT molecular complexity index is 2950. The van der Waals surface area contributed by atoms with Gasteiger partial charge in [0, 0.05) is 33.4 Å². The summed E-state index contributed by atoms with van der Waals surface area (Å²) in [6.07, 6.45) is 0. The van der Waals surface area contributed by atoms with Gasteiger partial charge in [0.15, 0.2) is 23.3 Å². The SMILES string of the molecule is c1ccc(-c2cc(-c3ccc(-c4ccccc4)c4ccccc34)nc(-c3ccc(-c4nc(-c5ccccc5)nc(-c5ccccc5)n4)c4ccccc34)n2)cc1. The van der Waals surface area contributed by atoms with Gasteiger partial charge in [-0.25, -0.2) is 24.9 Å². The Morgan fingerprint density at radius 2 is 0.554 bits per heavy atom. The van der Waals surface area contributed by atoms with Gasteiger partial charge in [-0.2, -0.15) is 0 Å². The normalized spacial score (nSPS) is 11.2. The molecule has 10 aromatic rings. The molecule has 10 rings (SSSR count). The van der Waals surface area contributed by atoms with Crippen molar-refractivity contribution in [3.63, 3.8) is 0 Å². The quantitative estimate of drug-likeness (QED) is 0.164. The highest BCUT2D eigenvalue weighted by molar-refractivity contribution is 6.06. The lowest BCUT2D eigenvalue weighted by Crippen LogP contribution is -2.01. The van der Waals surface area contributed by atoms with E-state index in [0.29, 0.717) is 23.3 Å². The van der Waals surface area contributed by atoms with Crippen LogP contribution in [-0.2, 0) is 0 Å². The predicted octanol–water partition coefficient (Wildman–Crippen LogP) is 12.6. The van der Waals surface area contributed by atoms with Gasteiger partial charge in [-0.05, 0) is 50.9 Å². The van der Waals surface area contributed by atoms with Crippen molar-refractivity contribution in [2.75, 3.05) is 0 Å². The minimum absolute atomic E-state index is 0.602. The average molecular weight is 716 g/mol. The lowest BCUT2D eigenvalue weighted by Gasteiger charge is -2.15. The number of rotatable bonds is 7. The van der Waals surface area contributed by atoms with Gasteiger partial charge in [0.05, 0.1) is 11.4 Å². The molecule has 2 heterocycles. The second-order valence-corrected chi connectivity index (χ2v) is 13.6. The third-order valence-corrected chi connectivity index (χ3v) is 10.2. The maximum Gasteiger partial charge on any atom is 0.164 e. The summed E-state index contributed by atoms with van der Waals surface area (Å²) in [7, 11) is 0. The van der Waals surface area contributed by atoms with Crippen molar-refractivity contribution in [1.29, 1.82) is 0 Å². The fourth-order valence-electron chi connectivity index (χ4n) is 7.47. The smallest absolute Gasteiger partial charge is 0.164 e. The van der Waals surface area contributed by atoms with Crippen LogP contribution in [0.3, 0.4) is 0 Å². The third kappa shape index (κ3) is 6.17. The minimum atomic E-state index is 0.602. The highest BCUT2D eigenvalue weighted by Gasteiger charge is 2.19. The monoisotopic (exact) mass is 715 g/mol. The molecule has 0 amide bonds. The van der Waals surface area contributed by atoms with Gasteiger partial charge in [-0.3, -0.25) is 0 Å². The second kappa shape index (κ2) is 14.3. The van der Waals surface area contributed by atoms with Crippen molar-refractivity contribution < 1.29 is 0 Å². The lowest BCUT2D eigenvalue weighted by molar-refractivity contribution is 1.08. The van der Waals surface area contributed by atoms with Crippen LogP contribution < -0.4 is 0 Å². The van der Waals surface area contributed by atoms with E-state index in [9.17, 15) is 0 Å². The summed E-state index contributed by atoms with van der Waals surface area (Å²) in [5, 5.41) is 4.32. The van der Waals surface area contributed by atoms with E-state index in [-0.39, 0.29) is 0 Å². The first-order valence-corrected chi connectivity index (χ1v) is 18.7. The summed E-state index contributed by atoms with van der Waals surface area (Å²) < 4.78 is 0. The van der Waals surface area contributed by atoms with Crippen LogP contribution >= 0.6 is 0 Å². The standard InChI is InChI=1S/C51H33N5/c1-5-17-34(18-6-1)38-29-30-43(40-26-14-13-25-39(38)40)47-33-46(35-19-7-2-8-20-35)52-50(53-47)44-31-32-45(42-28-16-15-27-41(42)44)51-55-48(36-21-9-3-10-22-36)54-49(56-51)37-23-11-4-12-24-37/h1-33H. The molecular formula is C51H33N5. The van der Waals surface area contributed by atoms with Gasteiger partial charge in [0.2, 0.25) is 0 Å². The zero-order valence-corrected chi connectivity index (χ0v) is 30.3. The number of hydrogen-bond acceptors (Lipinski definition) is 5. The van der Waals surface area contributed by atoms with E-state index < -0.39 is 0 Å². The second-order valence-electron chi connectivity index (χ2n) is 13.6. The Morgan fingerprint density at radius 3 is 1.07 bits per heavy atom. The van der Waals surface area contributed by atoms with Crippen molar-refractivity contribution in [2.45, 2.75) is 0 Å². The van der Waals surface area contributed by atoms with Crippen molar-refractivity contribution in [3.05, 3.63) is 200 Å². The summed E-state index contributed by atoms with van der Waals surface area (Å²) >= 11 is 0. The van der Waals surface area contributed by atoms with Crippen LogP contribution in [0, 0.1) is 0 Å². The molecule has 0 spiro atoms. The largest absolute Gasteiger partial charge is 0.228 e. The van der Waals surface area contributed by atoms with Crippen LogP contribution in [0.25, 0.3) is 101 Å². The molecule has 0 aliphatic rings. The molecule has 0 radical (unpaired) electrons. The van der Waals surface area contributed by atoms with E-state index in [1.165, 1.54) is 16.5 Å². The molecule has 0 saturated carbocycles. The number of aromatic nitrogens is 5. The fraction of sp³-hybridized carbons (Fsp3) is 0. The molecular weight excluding hydrogens is 683 g/mol. The van der Waals surface area contributed by atoms with E-state index >= 15 is 0 Å². The van der Waals surface area contributed by atoms with Gasteiger partial charge < -0.3 is 0 Å². The van der Waals surface area contributed by atoms with Crippen molar-refractivity contribution >= 4 is 21.5 Å². The number of nitrogens with zero attached hydrogens (tertiary/aromatic N) is 5. The van der Waals surface area contributed by atoms with E-state index in [1.54, 1.807) is 0 Å². The van der Waals surface area contributed by atoms with Crippen molar-refractivity contribution in [1.82, 2.24) is 24.9 Å². The first-order chi connectivity index (χ1) is 27.8. The van der Waals surface area contributed by atoms with E-state index in [4.69, 9.17) is 24.9 Å². The molecule has 8 aromatic carbocycles. The number of fused-ring (bicyclic) bond motifs is 2. The summed E-state index contributed by atoms with van der Waals surface area (Å²) in [5.41, 5.74) is 9.84. The van der Waals surface area contributed by atoms with E-state index in [2.05, 4.69) is 121 Å². The van der Waals surface area contributed by atoms with Crippen LogP contribution in [0.5, 0.6) is 0 Å². The molecule has 0 aliphatic carbocycles. The molecule has 0 saturated heterocycles. The van der Waals surface area contributed by atoms with E-state index in [0.717, 1.165) is 60.9 Å². The highest BCUT2D eigenvalue weighted by atomic mass is 15.0.